The van der Waals surface area contributed by atoms with Gasteiger partial charge in [0, 0.05) is 3.57 Å². The van der Waals surface area contributed by atoms with Crippen LogP contribution in [-0.2, 0) is 9.53 Å². The Balaban J connectivity index is 2.00. The largest absolute Gasteiger partial charge is 0.402 e. The maximum Gasteiger partial charge on any atom is 0.363 e. The van der Waals surface area contributed by atoms with E-state index in [1.165, 1.54) is 12.1 Å². The Kier molecular flexibility index (Phi) is 3.83. The predicted molar refractivity (Wildman–Crippen MR) is 86.2 cm³/mol. The summed E-state index contributed by atoms with van der Waals surface area (Å²) in [5, 5.41) is 0. The average Bonchev–Trinajstić information content (AvgIpc) is 2.83. The van der Waals surface area contributed by atoms with Crippen LogP contribution >= 0.6 is 22.6 Å². The van der Waals surface area contributed by atoms with Crippen molar-refractivity contribution in [1.29, 1.82) is 0 Å². The van der Waals surface area contributed by atoms with Gasteiger partial charge in [0.2, 0.25) is 5.90 Å². The van der Waals surface area contributed by atoms with Gasteiger partial charge >= 0.3 is 5.97 Å². The lowest BCUT2D eigenvalue weighted by molar-refractivity contribution is -0.129. The summed E-state index contributed by atoms with van der Waals surface area (Å²) in [6, 6.07) is 13.6. The first-order valence-corrected chi connectivity index (χ1v) is 7.25. The lowest BCUT2D eigenvalue weighted by Gasteiger charge is -1.99. The van der Waals surface area contributed by atoms with E-state index in [1.54, 1.807) is 18.2 Å². The number of rotatable bonds is 2. The molecule has 0 fully saturated rings. The molecular formula is C16H9FINO2. The third-order valence-corrected chi connectivity index (χ3v) is 3.90. The van der Waals surface area contributed by atoms with E-state index in [9.17, 15) is 9.18 Å². The van der Waals surface area contributed by atoms with E-state index in [2.05, 4.69) is 27.6 Å². The van der Waals surface area contributed by atoms with Crippen molar-refractivity contribution in [3.63, 3.8) is 0 Å². The highest BCUT2D eigenvalue weighted by Gasteiger charge is 2.25. The molecule has 5 heteroatoms. The summed E-state index contributed by atoms with van der Waals surface area (Å²) in [4.78, 5) is 16.0. The third kappa shape index (κ3) is 2.87. The molecule has 3 rings (SSSR count). The van der Waals surface area contributed by atoms with Crippen molar-refractivity contribution in [3.05, 3.63) is 74.7 Å². The van der Waals surface area contributed by atoms with Crippen LogP contribution in [0.1, 0.15) is 11.1 Å². The summed E-state index contributed by atoms with van der Waals surface area (Å²) in [5.74, 6) is -1.05. The number of ether oxygens (including phenoxy) is 1. The fraction of sp³-hybridized carbons (Fsp3) is 0. The number of carbonyl (C=O) groups is 1. The third-order valence-electron chi connectivity index (χ3n) is 2.92. The van der Waals surface area contributed by atoms with Gasteiger partial charge in [0.05, 0.1) is 5.56 Å². The SMILES string of the molecule is O=C1OC(c2ccccc2F)=N/C1=C/c1ccccc1I. The molecule has 0 atom stereocenters. The summed E-state index contributed by atoms with van der Waals surface area (Å²) < 4.78 is 19.7. The van der Waals surface area contributed by atoms with Crippen LogP contribution in [0.25, 0.3) is 6.08 Å². The van der Waals surface area contributed by atoms with Crippen molar-refractivity contribution in [2.75, 3.05) is 0 Å². The molecule has 0 radical (unpaired) electrons. The van der Waals surface area contributed by atoms with Crippen LogP contribution in [0.2, 0.25) is 0 Å². The Bertz CT molecular complexity index is 783. The number of carbonyl (C=O) groups excluding carboxylic acids is 1. The Morgan fingerprint density at radius 3 is 2.57 bits per heavy atom. The molecule has 2 aromatic carbocycles. The first-order chi connectivity index (χ1) is 10.1. The van der Waals surface area contributed by atoms with Crippen molar-refractivity contribution in [2.45, 2.75) is 0 Å². The van der Waals surface area contributed by atoms with Crippen molar-refractivity contribution < 1.29 is 13.9 Å². The Morgan fingerprint density at radius 2 is 1.81 bits per heavy atom. The molecule has 0 aliphatic carbocycles. The molecule has 1 aliphatic heterocycles. The summed E-state index contributed by atoms with van der Waals surface area (Å²) in [6.07, 6.45) is 1.64. The molecule has 0 N–H and O–H groups in total. The number of hydrogen-bond acceptors (Lipinski definition) is 3. The van der Waals surface area contributed by atoms with E-state index in [-0.39, 0.29) is 17.2 Å². The number of hydrogen-bond donors (Lipinski definition) is 0. The minimum Gasteiger partial charge on any atom is -0.402 e. The minimum atomic E-state index is -0.576. The number of nitrogens with zero attached hydrogens (tertiary/aromatic N) is 1. The molecule has 0 saturated heterocycles. The second-order valence-electron chi connectivity index (χ2n) is 4.34. The van der Waals surface area contributed by atoms with Gasteiger partial charge in [0.15, 0.2) is 5.70 Å². The van der Waals surface area contributed by atoms with E-state index in [0.29, 0.717) is 0 Å². The monoisotopic (exact) mass is 393 g/mol. The van der Waals surface area contributed by atoms with Crippen molar-refractivity contribution in [1.82, 2.24) is 0 Å². The van der Waals surface area contributed by atoms with Crippen LogP contribution in [0.15, 0.2) is 59.2 Å². The number of halogens is 2. The van der Waals surface area contributed by atoms with Crippen LogP contribution < -0.4 is 0 Å². The van der Waals surface area contributed by atoms with Crippen molar-refractivity contribution >= 4 is 40.5 Å². The van der Waals surface area contributed by atoms with Gasteiger partial charge in [-0.15, -0.1) is 0 Å². The molecular weight excluding hydrogens is 384 g/mol. The highest BCUT2D eigenvalue weighted by atomic mass is 127. The molecule has 1 heterocycles. The Labute approximate surface area is 134 Å². The van der Waals surface area contributed by atoms with E-state index in [4.69, 9.17) is 4.74 Å². The van der Waals surface area contributed by atoms with Gasteiger partial charge in [-0.05, 0) is 52.4 Å². The van der Waals surface area contributed by atoms with Crippen LogP contribution in [0.3, 0.4) is 0 Å². The van der Waals surface area contributed by atoms with Crippen LogP contribution in [0, 0.1) is 9.39 Å². The molecule has 0 aromatic heterocycles. The molecule has 21 heavy (non-hydrogen) atoms. The molecule has 3 nitrogen and oxygen atoms in total. The number of benzene rings is 2. The zero-order valence-corrected chi connectivity index (χ0v) is 12.9. The maximum atomic E-state index is 13.7. The van der Waals surface area contributed by atoms with Gasteiger partial charge in [-0.25, -0.2) is 14.2 Å². The van der Waals surface area contributed by atoms with Crippen molar-refractivity contribution in [3.8, 4) is 0 Å². The first-order valence-electron chi connectivity index (χ1n) is 6.17. The van der Waals surface area contributed by atoms with E-state index in [1.807, 2.05) is 24.3 Å². The van der Waals surface area contributed by atoms with Gasteiger partial charge in [-0.3, -0.25) is 0 Å². The average molecular weight is 393 g/mol. The summed E-state index contributed by atoms with van der Waals surface area (Å²) in [5.41, 5.74) is 1.21. The fourth-order valence-electron chi connectivity index (χ4n) is 1.90. The summed E-state index contributed by atoms with van der Waals surface area (Å²) in [6.45, 7) is 0. The standard InChI is InChI=1S/C16H9FINO2/c17-12-7-3-2-6-11(12)15-19-14(16(20)21-15)9-10-5-1-4-8-13(10)18/h1-9H/b14-9+. The summed E-state index contributed by atoms with van der Waals surface area (Å²) >= 11 is 2.17. The zero-order chi connectivity index (χ0) is 14.8. The van der Waals surface area contributed by atoms with Gasteiger partial charge in [-0.1, -0.05) is 30.3 Å². The van der Waals surface area contributed by atoms with Crippen LogP contribution in [-0.4, -0.2) is 11.9 Å². The molecule has 104 valence electrons. The number of cyclic esters (lactones) is 1. The topological polar surface area (TPSA) is 38.7 Å². The predicted octanol–water partition coefficient (Wildman–Crippen LogP) is 3.77. The number of aliphatic imine (C=N–C) groups is 1. The Morgan fingerprint density at radius 1 is 1.10 bits per heavy atom. The van der Waals surface area contributed by atoms with Gasteiger partial charge in [0.1, 0.15) is 5.82 Å². The van der Waals surface area contributed by atoms with E-state index < -0.39 is 11.8 Å². The quantitative estimate of drug-likeness (QED) is 0.443. The molecule has 0 spiro atoms. The Hall–Kier alpha value is -2.02. The molecule has 1 aliphatic rings. The lowest BCUT2D eigenvalue weighted by atomic mass is 10.2. The molecule has 0 unspecified atom stereocenters. The van der Waals surface area contributed by atoms with E-state index >= 15 is 0 Å². The second kappa shape index (κ2) is 5.77. The smallest absolute Gasteiger partial charge is 0.363 e. The highest BCUT2D eigenvalue weighted by Crippen LogP contribution is 2.22. The molecule has 0 saturated carbocycles. The van der Waals surface area contributed by atoms with Gasteiger partial charge in [-0.2, -0.15) is 0 Å². The van der Waals surface area contributed by atoms with Crippen LogP contribution in [0.4, 0.5) is 4.39 Å². The fourth-order valence-corrected chi connectivity index (χ4v) is 2.44. The molecule has 2 aromatic rings. The normalized spacial score (nSPS) is 16.0. The maximum absolute atomic E-state index is 13.7. The van der Waals surface area contributed by atoms with Crippen molar-refractivity contribution in [2.24, 2.45) is 4.99 Å². The molecule has 0 amide bonds. The van der Waals surface area contributed by atoms with Gasteiger partial charge < -0.3 is 4.74 Å². The first kappa shape index (κ1) is 13.9. The van der Waals surface area contributed by atoms with Gasteiger partial charge in [0.25, 0.3) is 0 Å². The zero-order valence-electron chi connectivity index (χ0n) is 10.7. The number of esters is 1. The minimum absolute atomic E-state index is 0.00436. The summed E-state index contributed by atoms with van der Waals surface area (Å²) in [7, 11) is 0. The highest BCUT2D eigenvalue weighted by molar-refractivity contribution is 14.1. The van der Waals surface area contributed by atoms with Crippen LogP contribution in [0.5, 0.6) is 0 Å². The van der Waals surface area contributed by atoms with E-state index in [0.717, 1.165) is 9.13 Å². The molecule has 0 bridgehead atoms. The second-order valence-corrected chi connectivity index (χ2v) is 5.50. The lowest BCUT2D eigenvalue weighted by Crippen LogP contribution is -2.07.